The largest absolute Gasteiger partial charge is 0.331 e. The number of hydrogen-bond donors (Lipinski definition) is 0. The highest BCUT2D eigenvalue weighted by molar-refractivity contribution is 7.89. The van der Waals surface area contributed by atoms with E-state index in [0.29, 0.717) is 23.9 Å². The van der Waals surface area contributed by atoms with Crippen molar-refractivity contribution in [2.75, 3.05) is 13.1 Å². The molecule has 0 bridgehead atoms. The predicted octanol–water partition coefficient (Wildman–Crippen LogP) is 4.60. The summed E-state index contributed by atoms with van der Waals surface area (Å²) in [5.41, 5.74) is 2.29. The third-order valence-corrected chi connectivity index (χ3v) is 7.79. The van der Waals surface area contributed by atoms with E-state index in [0.717, 1.165) is 43.6 Å². The van der Waals surface area contributed by atoms with Crippen molar-refractivity contribution >= 4 is 10.0 Å². The first kappa shape index (κ1) is 20.8. The number of aromatic nitrogens is 2. The summed E-state index contributed by atoms with van der Waals surface area (Å²) >= 11 is 0. The molecule has 0 saturated carbocycles. The van der Waals surface area contributed by atoms with Crippen LogP contribution < -0.4 is 0 Å². The molecule has 3 aromatic rings. The van der Waals surface area contributed by atoms with Gasteiger partial charge in [-0.05, 0) is 42.9 Å². The fourth-order valence-corrected chi connectivity index (χ4v) is 5.65. The zero-order valence-electron chi connectivity index (χ0n) is 17.4. The van der Waals surface area contributed by atoms with Crippen molar-refractivity contribution in [2.24, 2.45) is 5.92 Å². The van der Waals surface area contributed by atoms with Crippen LogP contribution in [0.25, 0.3) is 11.4 Å². The minimum absolute atomic E-state index is 0.404. The summed E-state index contributed by atoms with van der Waals surface area (Å²) in [6.45, 7) is 4.13. The van der Waals surface area contributed by atoms with Crippen molar-refractivity contribution in [3.05, 3.63) is 72.6 Å². The van der Waals surface area contributed by atoms with Gasteiger partial charge >= 0.3 is 0 Å². The molecule has 1 saturated heterocycles. The average molecular weight is 424 g/mol. The van der Waals surface area contributed by atoms with Gasteiger partial charge in [0.1, 0.15) is 5.82 Å². The van der Waals surface area contributed by atoms with Crippen LogP contribution >= 0.6 is 0 Å². The molecule has 0 unspecified atom stereocenters. The van der Waals surface area contributed by atoms with E-state index in [4.69, 9.17) is 0 Å². The predicted molar refractivity (Wildman–Crippen MR) is 120 cm³/mol. The molecule has 158 valence electrons. The molecule has 1 aliphatic heterocycles. The quantitative estimate of drug-likeness (QED) is 0.558. The number of imidazole rings is 1. The molecule has 6 heteroatoms. The van der Waals surface area contributed by atoms with E-state index in [1.54, 1.807) is 16.4 Å². The van der Waals surface area contributed by atoms with Crippen LogP contribution in [0.15, 0.2) is 71.9 Å². The van der Waals surface area contributed by atoms with Crippen molar-refractivity contribution < 1.29 is 8.42 Å². The smallest absolute Gasteiger partial charge is 0.243 e. The molecule has 0 N–H and O–H groups in total. The zero-order chi connectivity index (χ0) is 21.0. The monoisotopic (exact) mass is 423 g/mol. The Labute approximate surface area is 179 Å². The summed E-state index contributed by atoms with van der Waals surface area (Å²) in [4.78, 5) is 4.93. The number of hydrogen-bond acceptors (Lipinski definition) is 3. The van der Waals surface area contributed by atoms with Crippen LogP contribution in [-0.4, -0.2) is 35.4 Å². The molecule has 4 rings (SSSR count). The fourth-order valence-electron chi connectivity index (χ4n) is 4.18. The minimum Gasteiger partial charge on any atom is -0.331 e. The number of nitrogens with zero attached hydrogens (tertiary/aromatic N) is 3. The van der Waals surface area contributed by atoms with Gasteiger partial charge in [0.05, 0.1) is 4.90 Å². The molecular formula is C24H29N3O2S. The van der Waals surface area contributed by atoms with Crippen LogP contribution in [0, 0.1) is 5.92 Å². The van der Waals surface area contributed by atoms with Gasteiger partial charge in [-0.2, -0.15) is 4.31 Å². The molecule has 0 atom stereocenters. The maximum atomic E-state index is 13.0. The van der Waals surface area contributed by atoms with Crippen LogP contribution in [0.3, 0.4) is 0 Å². The Hall–Kier alpha value is -2.44. The van der Waals surface area contributed by atoms with Gasteiger partial charge in [0.15, 0.2) is 0 Å². The first-order chi connectivity index (χ1) is 14.6. The summed E-state index contributed by atoms with van der Waals surface area (Å²) < 4.78 is 29.9. The van der Waals surface area contributed by atoms with Crippen LogP contribution in [0.4, 0.5) is 0 Å². The Kier molecular flexibility index (Phi) is 6.35. The molecule has 0 radical (unpaired) electrons. The van der Waals surface area contributed by atoms with Gasteiger partial charge in [0.25, 0.3) is 0 Å². The molecule has 2 heterocycles. The first-order valence-corrected chi connectivity index (χ1v) is 12.2. The van der Waals surface area contributed by atoms with E-state index in [1.807, 2.05) is 42.7 Å². The standard InChI is InChI=1S/C24H29N3O2S/c1-2-6-20-9-11-23(12-10-20)30(28,29)27-16-13-21(14-17-27)19-26-18-15-25-24(26)22-7-4-3-5-8-22/h3-5,7-12,15,18,21H,2,6,13-14,16-17,19H2,1H3. The number of benzene rings is 2. The molecule has 0 amide bonds. The topological polar surface area (TPSA) is 55.2 Å². The number of rotatable bonds is 7. The summed E-state index contributed by atoms with van der Waals surface area (Å²) in [5.74, 6) is 1.41. The highest BCUT2D eigenvalue weighted by Gasteiger charge is 2.29. The Morgan fingerprint density at radius 3 is 2.37 bits per heavy atom. The zero-order valence-corrected chi connectivity index (χ0v) is 18.3. The summed E-state index contributed by atoms with van der Waals surface area (Å²) in [7, 11) is -3.42. The third-order valence-electron chi connectivity index (χ3n) is 5.88. The maximum Gasteiger partial charge on any atom is 0.243 e. The van der Waals surface area contributed by atoms with E-state index in [2.05, 4.69) is 28.6 Å². The van der Waals surface area contributed by atoms with E-state index in [9.17, 15) is 8.42 Å². The summed E-state index contributed by atoms with van der Waals surface area (Å²) in [6.07, 6.45) is 7.61. The van der Waals surface area contributed by atoms with Gasteiger partial charge in [-0.15, -0.1) is 0 Å². The van der Waals surface area contributed by atoms with Crippen molar-refractivity contribution in [1.82, 2.24) is 13.9 Å². The lowest BCUT2D eigenvalue weighted by atomic mass is 9.98. The van der Waals surface area contributed by atoms with Gasteiger partial charge in [0.2, 0.25) is 10.0 Å². The van der Waals surface area contributed by atoms with Gasteiger partial charge in [-0.1, -0.05) is 55.8 Å². The Balaban J connectivity index is 1.39. The van der Waals surface area contributed by atoms with Crippen molar-refractivity contribution in [3.63, 3.8) is 0 Å². The van der Waals surface area contributed by atoms with Crippen molar-refractivity contribution in [1.29, 1.82) is 0 Å². The molecule has 1 fully saturated rings. The second-order valence-electron chi connectivity index (χ2n) is 8.01. The molecule has 0 aliphatic carbocycles. The summed E-state index contributed by atoms with van der Waals surface area (Å²) in [6, 6.07) is 17.6. The molecule has 2 aromatic carbocycles. The highest BCUT2D eigenvalue weighted by Crippen LogP contribution is 2.27. The molecule has 5 nitrogen and oxygen atoms in total. The normalized spacial score (nSPS) is 16.0. The fraction of sp³-hybridized carbons (Fsp3) is 0.375. The Morgan fingerprint density at radius 2 is 1.70 bits per heavy atom. The van der Waals surface area contributed by atoms with E-state index >= 15 is 0 Å². The minimum atomic E-state index is -3.42. The molecule has 1 aliphatic rings. The molecule has 0 spiro atoms. The van der Waals surface area contributed by atoms with Gasteiger partial charge in [-0.3, -0.25) is 0 Å². The lowest BCUT2D eigenvalue weighted by molar-refractivity contribution is 0.253. The third kappa shape index (κ3) is 4.50. The van der Waals surface area contributed by atoms with Gasteiger partial charge in [-0.25, -0.2) is 13.4 Å². The van der Waals surface area contributed by atoms with E-state index in [-0.39, 0.29) is 0 Å². The molecule has 30 heavy (non-hydrogen) atoms. The van der Waals surface area contributed by atoms with Crippen molar-refractivity contribution in [2.45, 2.75) is 44.0 Å². The van der Waals surface area contributed by atoms with Gasteiger partial charge < -0.3 is 4.57 Å². The second-order valence-corrected chi connectivity index (χ2v) is 9.95. The Bertz CT molecular complexity index is 1050. The number of sulfonamides is 1. The molecular weight excluding hydrogens is 394 g/mol. The average Bonchev–Trinajstić information content (AvgIpc) is 3.23. The number of piperidine rings is 1. The number of aryl methyl sites for hydroxylation is 1. The maximum absolute atomic E-state index is 13.0. The van der Waals surface area contributed by atoms with Crippen LogP contribution in [-0.2, 0) is 23.0 Å². The SMILES string of the molecule is CCCc1ccc(S(=O)(=O)N2CCC(Cn3ccnc3-c3ccccc3)CC2)cc1. The van der Waals surface area contributed by atoms with Crippen LogP contribution in [0.2, 0.25) is 0 Å². The Morgan fingerprint density at radius 1 is 1.00 bits per heavy atom. The van der Waals surface area contributed by atoms with Crippen molar-refractivity contribution in [3.8, 4) is 11.4 Å². The van der Waals surface area contributed by atoms with E-state index in [1.165, 1.54) is 5.56 Å². The summed E-state index contributed by atoms with van der Waals surface area (Å²) in [5, 5.41) is 0. The van der Waals surface area contributed by atoms with Crippen LogP contribution in [0.1, 0.15) is 31.7 Å². The molecule has 1 aromatic heterocycles. The first-order valence-electron chi connectivity index (χ1n) is 10.7. The lowest BCUT2D eigenvalue weighted by Gasteiger charge is -2.31. The highest BCUT2D eigenvalue weighted by atomic mass is 32.2. The van der Waals surface area contributed by atoms with Crippen LogP contribution in [0.5, 0.6) is 0 Å². The van der Waals surface area contributed by atoms with E-state index < -0.39 is 10.0 Å². The second kappa shape index (κ2) is 9.14. The van der Waals surface area contributed by atoms with Gasteiger partial charge in [0, 0.05) is 37.6 Å². The lowest BCUT2D eigenvalue weighted by Crippen LogP contribution is -2.39.